The number of benzene rings is 1. The Morgan fingerprint density at radius 2 is 2.31 bits per heavy atom. The van der Waals surface area contributed by atoms with Gasteiger partial charge in [-0.15, -0.1) is 0 Å². The number of hydrogen-bond acceptors (Lipinski definition) is 2. The number of aryl methyl sites for hydroxylation is 1. The minimum Gasteiger partial charge on any atom is -0.388 e. The molecule has 1 atom stereocenters. The summed E-state index contributed by atoms with van der Waals surface area (Å²) in [5, 5.41) is 14.7. The Balaban J connectivity index is 2.11. The van der Waals surface area contributed by atoms with Crippen molar-refractivity contribution in [1.29, 1.82) is 0 Å². The molecule has 0 saturated carbocycles. The lowest BCUT2D eigenvalue weighted by Crippen LogP contribution is -2.00. The second-order valence-corrected chi connectivity index (χ2v) is 4.23. The van der Waals surface area contributed by atoms with Gasteiger partial charge in [0.15, 0.2) is 0 Å². The summed E-state index contributed by atoms with van der Waals surface area (Å²) in [6.07, 6.45) is 3.67. The first-order valence-corrected chi connectivity index (χ1v) is 5.44. The first-order chi connectivity index (χ1) is 7.65. The highest BCUT2D eigenvalue weighted by Gasteiger charge is 2.09. The highest BCUT2D eigenvalue weighted by Crippen LogP contribution is 2.20. The van der Waals surface area contributed by atoms with Crippen molar-refractivity contribution in [3.63, 3.8) is 0 Å². The van der Waals surface area contributed by atoms with Crippen LogP contribution in [0.3, 0.4) is 0 Å². The first kappa shape index (κ1) is 11.2. The summed E-state index contributed by atoms with van der Waals surface area (Å²) in [6.45, 7) is 0. The molecular formula is C12H13ClN2O. The molecule has 0 spiro atoms. The number of aliphatic hydroxyl groups excluding tert-OH is 1. The van der Waals surface area contributed by atoms with Crippen molar-refractivity contribution < 1.29 is 5.11 Å². The average Bonchev–Trinajstić information content (AvgIpc) is 2.64. The minimum atomic E-state index is -0.539. The van der Waals surface area contributed by atoms with Crippen LogP contribution in [-0.4, -0.2) is 14.9 Å². The van der Waals surface area contributed by atoms with Gasteiger partial charge in [-0.3, -0.25) is 4.68 Å². The van der Waals surface area contributed by atoms with E-state index in [9.17, 15) is 5.11 Å². The van der Waals surface area contributed by atoms with Crippen LogP contribution < -0.4 is 0 Å². The number of hydrogen-bond donors (Lipinski definition) is 1. The Labute approximate surface area is 99.3 Å². The van der Waals surface area contributed by atoms with Gasteiger partial charge in [-0.05, 0) is 23.3 Å². The molecule has 0 amide bonds. The van der Waals surface area contributed by atoms with Crippen molar-refractivity contribution >= 4 is 11.6 Å². The van der Waals surface area contributed by atoms with Crippen molar-refractivity contribution in [3.05, 3.63) is 52.8 Å². The van der Waals surface area contributed by atoms with E-state index >= 15 is 0 Å². The molecule has 16 heavy (non-hydrogen) atoms. The summed E-state index contributed by atoms with van der Waals surface area (Å²) in [7, 11) is 1.86. The van der Waals surface area contributed by atoms with Crippen molar-refractivity contribution in [2.45, 2.75) is 12.5 Å². The van der Waals surface area contributed by atoms with Crippen LogP contribution in [0.25, 0.3) is 0 Å². The molecule has 1 aromatic carbocycles. The quantitative estimate of drug-likeness (QED) is 0.889. The Morgan fingerprint density at radius 1 is 1.50 bits per heavy atom. The highest BCUT2D eigenvalue weighted by atomic mass is 35.5. The Bertz CT molecular complexity index is 481. The summed E-state index contributed by atoms with van der Waals surface area (Å²) in [5.74, 6) is 0. The van der Waals surface area contributed by atoms with E-state index in [1.165, 1.54) is 0 Å². The summed E-state index contributed by atoms with van der Waals surface area (Å²) >= 11 is 5.87. The Morgan fingerprint density at radius 3 is 2.94 bits per heavy atom. The zero-order chi connectivity index (χ0) is 11.5. The molecule has 0 aliphatic carbocycles. The molecule has 0 aliphatic heterocycles. The summed E-state index contributed by atoms with van der Waals surface area (Å²) in [4.78, 5) is 0. The summed E-state index contributed by atoms with van der Waals surface area (Å²) < 4.78 is 1.72. The van der Waals surface area contributed by atoms with Gasteiger partial charge in [0.05, 0.1) is 12.3 Å². The fourth-order valence-electron chi connectivity index (χ4n) is 1.63. The van der Waals surface area contributed by atoms with E-state index in [-0.39, 0.29) is 0 Å². The maximum atomic E-state index is 10.0. The van der Waals surface area contributed by atoms with Gasteiger partial charge >= 0.3 is 0 Å². The van der Waals surface area contributed by atoms with Gasteiger partial charge in [-0.1, -0.05) is 23.7 Å². The molecule has 4 heteroatoms. The molecule has 2 rings (SSSR count). The van der Waals surface area contributed by atoms with Crippen LogP contribution in [0, 0.1) is 0 Å². The van der Waals surface area contributed by atoms with Gasteiger partial charge in [0.2, 0.25) is 0 Å². The van der Waals surface area contributed by atoms with Crippen LogP contribution in [0.4, 0.5) is 0 Å². The van der Waals surface area contributed by atoms with Crippen LogP contribution in [0.2, 0.25) is 5.02 Å². The van der Waals surface area contributed by atoms with Crippen molar-refractivity contribution in [3.8, 4) is 0 Å². The molecule has 1 unspecified atom stereocenters. The molecule has 0 bridgehead atoms. The maximum Gasteiger partial charge on any atom is 0.0832 e. The van der Waals surface area contributed by atoms with Crippen molar-refractivity contribution in [2.24, 2.45) is 7.05 Å². The fraction of sp³-hybridized carbons (Fsp3) is 0.250. The van der Waals surface area contributed by atoms with Crippen LogP contribution in [0.5, 0.6) is 0 Å². The molecular weight excluding hydrogens is 224 g/mol. The largest absolute Gasteiger partial charge is 0.388 e. The van der Waals surface area contributed by atoms with Crippen molar-refractivity contribution in [2.75, 3.05) is 0 Å². The Hall–Kier alpha value is -1.32. The first-order valence-electron chi connectivity index (χ1n) is 5.06. The smallest absolute Gasteiger partial charge is 0.0832 e. The van der Waals surface area contributed by atoms with Gasteiger partial charge in [-0.25, -0.2) is 0 Å². The zero-order valence-corrected chi connectivity index (χ0v) is 9.72. The summed E-state index contributed by atoms with van der Waals surface area (Å²) in [6, 6.07) is 7.28. The highest BCUT2D eigenvalue weighted by molar-refractivity contribution is 6.30. The molecule has 3 nitrogen and oxygen atoms in total. The van der Waals surface area contributed by atoms with Crippen LogP contribution in [0.1, 0.15) is 17.2 Å². The monoisotopic (exact) mass is 236 g/mol. The molecule has 1 heterocycles. The molecule has 0 radical (unpaired) electrons. The van der Waals surface area contributed by atoms with Crippen LogP contribution in [-0.2, 0) is 13.5 Å². The third-order valence-electron chi connectivity index (χ3n) is 2.42. The van der Waals surface area contributed by atoms with Crippen LogP contribution >= 0.6 is 11.6 Å². The third kappa shape index (κ3) is 2.62. The number of aliphatic hydroxyl groups is 1. The predicted octanol–water partition coefficient (Wildman–Crippen LogP) is 2.35. The van der Waals surface area contributed by atoms with Gasteiger partial charge in [0, 0.05) is 24.7 Å². The van der Waals surface area contributed by atoms with E-state index in [4.69, 9.17) is 11.6 Å². The van der Waals surface area contributed by atoms with Crippen LogP contribution in [0.15, 0.2) is 36.7 Å². The van der Waals surface area contributed by atoms with E-state index in [1.54, 1.807) is 23.0 Å². The fourth-order valence-corrected chi connectivity index (χ4v) is 1.83. The molecule has 2 aromatic rings. The zero-order valence-electron chi connectivity index (χ0n) is 8.97. The molecule has 84 valence electrons. The van der Waals surface area contributed by atoms with E-state index in [1.807, 2.05) is 25.4 Å². The molecule has 0 aliphatic rings. The van der Waals surface area contributed by atoms with E-state index in [0.717, 1.165) is 11.1 Å². The predicted molar refractivity (Wildman–Crippen MR) is 63.3 cm³/mol. The molecule has 0 fully saturated rings. The van der Waals surface area contributed by atoms with E-state index in [0.29, 0.717) is 11.4 Å². The second kappa shape index (κ2) is 4.68. The maximum absolute atomic E-state index is 10.0. The average molecular weight is 237 g/mol. The van der Waals surface area contributed by atoms with Crippen molar-refractivity contribution in [1.82, 2.24) is 9.78 Å². The molecule has 0 saturated heterocycles. The number of aromatic nitrogens is 2. The van der Waals surface area contributed by atoms with Gasteiger partial charge in [0.1, 0.15) is 0 Å². The molecule has 1 aromatic heterocycles. The van der Waals surface area contributed by atoms with E-state index in [2.05, 4.69) is 5.10 Å². The lowest BCUT2D eigenvalue weighted by Gasteiger charge is -2.09. The summed E-state index contributed by atoms with van der Waals surface area (Å²) in [5.41, 5.74) is 1.84. The number of rotatable bonds is 3. The van der Waals surface area contributed by atoms with Gasteiger partial charge in [-0.2, -0.15) is 5.10 Å². The standard InChI is InChI=1S/C12H13ClN2O/c1-15-8-9(7-14-15)5-12(16)10-3-2-4-11(13)6-10/h2-4,6-8,12,16H,5H2,1H3. The normalized spacial score (nSPS) is 12.7. The SMILES string of the molecule is Cn1cc(CC(O)c2cccc(Cl)c2)cn1. The lowest BCUT2D eigenvalue weighted by molar-refractivity contribution is 0.178. The van der Waals surface area contributed by atoms with Gasteiger partial charge in [0.25, 0.3) is 0 Å². The third-order valence-corrected chi connectivity index (χ3v) is 2.66. The van der Waals surface area contributed by atoms with Gasteiger partial charge < -0.3 is 5.11 Å². The topological polar surface area (TPSA) is 38.0 Å². The van der Waals surface area contributed by atoms with E-state index < -0.39 is 6.10 Å². The second-order valence-electron chi connectivity index (χ2n) is 3.80. The Kier molecular flexibility index (Phi) is 3.27. The molecule has 1 N–H and O–H groups in total. The lowest BCUT2D eigenvalue weighted by atomic mass is 10.0. The number of nitrogens with zero attached hydrogens (tertiary/aromatic N) is 2. The minimum absolute atomic E-state index is 0.539. The number of halogens is 1.